The quantitative estimate of drug-likeness (QED) is 0.838. The molecular weight excluding hydrogens is 290 g/mol. The van der Waals surface area contributed by atoms with E-state index in [1.807, 2.05) is 0 Å². The SMILES string of the molecule is CC1CN(CCC(=O)Nc2ccc(Cl)c(N)c2)C(C)CO1. The van der Waals surface area contributed by atoms with E-state index in [0.717, 1.165) is 19.7 Å². The molecule has 0 bridgehead atoms. The van der Waals surface area contributed by atoms with E-state index >= 15 is 0 Å². The number of anilines is 2. The summed E-state index contributed by atoms with van der Waals surface area (Å²) in [4.78, 5) is 14.3. The Morgan fingerprint density at radius 3 is 3.00 bits per heavy atom. The summed E-state index contributed by atoms with van der Waals surface area (Å²) >= 11 is 5.85. The fraction of sp³-hybridized carbons (Fsp3) is 0.533. The number of nitrogens with two attached hydrogens (primary N) is 1. The van der Waals surface area contributed by atoms with E-state index in [1.54, 1.807) is 18.2 Å². The largest absolute Gasteiger partial charge is 0.397 e. The second-order valence-electron chi connectivity index (χ2n) is 5.52. The van der Waals surface area contributed by atoms with Crippen molar-refractivity contribution in [3.8, 4) is 0 Å². The molecule has 1 heterocycles. The van der Waals surface area contributed by atoms with Gasteiger partial charge in [0, 0.05) is 31.2 Å². The van der Waals surface area contributed by atoms with Gasteiger partial charge < -0.3 is 15.8 Å². The average molecular weight is 312 g/mol. The van der Waals surface area contributed by atoms with Gasteiger partial charge in [-0.05, 0) is 32.0 Å². The van der Waals surface area contributed by atoms with Crippen LogP contribution in [0.4, 0.5) is 11.4 Å². The van der Waals surface area contributed by atoms with Crippen LogP contribution in [-0.2, 0) is 9.53 Å². The molecule has 0 aromatic heterocycles. The monoisotopic (exact) mass is 311 g/mol. The third-order valence-corrected chi connectivity index (χ3v) is 3.99. The maximum Gasteiger partial charge on any atom is 0.225 e. The molecule has 2 rings (SSSR count). The molecule has 0 saturated carbocycles. The zero-order valence-electron chi connectivity index (χ0n) is 12.4. The molecule has 21 heavy (non-hydrogen) atoms. The molecule has 1 saturated heterocycles. The molecule has 2 atom stereocenters. The number of nitrogens with one attached hydrogen (secondary N) is 1. The van der Waals surface area contributed by atoms with Gasteiger partial charge in [0.05, 0.1) is 23.4 Å². The third-order valence-electron chi connectivity index (χ3n) is 3.64. The molecule has 0 aliphatic carbocycles. The fourth-order valence-corrected chi connectivity index (χ4v) is 2.49. The van der Waals surface area contributed by atoms with Crippen molar-refractivity contribution in [3.63, 3.8) is 0 Å². The number of carbonyl (C=O) groups is 1. The van der Waals surface area contributed by atoms with Crippen molar-refractivity contribution in [2.45, 2.75) is 32.4 Å². The van der Waals surface area contributed by atoms with Gasteiger partial charge >= 0.3 is 0 Å². The summed E-state index contributed by atoms with van der Waals surface area (Å²) < 4.78 is 5.58. The van der Waals surface area contributed by atoms with Gasteiger partial charge in [0.15, 0.2) is 0 Å². The van der Waals surface area contributed by atoms with Crippen LogP contribution in [0.1, 0.15) is 20.3 Å². The molecule has 5 nitrogen and oxygen atoms in total. The summed E-state index contributed by atoms with van der Waals surface area (Å²) in [6.07, 6.45) is 0.667. The average Bonchev–Trinajstić information content (AvgIpc) is 2.44. The highest BCUT2D eigenvalue weighted by molar-refractivity contribution is 6.33. The van der Waals surface area contributed by atoms with Crippen molar-refractivity contribution >= 4 is 28.9 Å². The lowest BCUT2D eigenvalue weighted by Gasteiger charge is -2.36. The minimum absolute atomic E-state index is 0.0249. The van der Waals surface area contributed by atoms with Gasteiger partial charge in [-0.1, -0.05) is 11.6 Å². The van der Waals surface area contributed by atoms with Crippen molar-refractivity contribution in [2.24, 2.45) is 0 Å². The molecule has 2 unspecified atom stereocenters. The van der Waals surface area contributed by atoms with Crippen LogP contribution < -0.4 is 11.1 Å². The first-order valence-electron chi connectivity index (χ1n) is 7.16. The van der Waals surface area contributed by atoms with E-state index in [1.165, 1.54) is 0 Å². The van der Waals surface area contributed by atoms with E-state index in [9.17, 15) is 4.79 Å². The van der Waals surface area contributed by atoms with Crippen molar-refractivity contribution < 1.29 is 9.53 Å². The summed E-state index contributed by atoms with van der Waals surface area (Å²) in [5.41, 5.74) is 6.85. The summed E-state index contributed by atoms with van der Waals surface area (Å²) in [5.74, 6) is -0.0249. The zero-order chi connectivity index (χ0) is 15.4. The van der Waals surface area contributed by atoms with Gasteiger partial charge in [0.2, 0.25) is 5.91 Å². The number of morpholine rings is 1. The lowest BCUT2D eigenvalue weighted by atomic mass is 10.2. The minimum atomic E-state index is -0.0249. The predicted octanol–water partition coefficient (Wildman–Crippen LogP) is 2.36. The number of nitrogen functional groups attached to an aromatic ring is 1. The number of hydrogen-bond donors (Lipinski definition) is 2. The van der Waals surface area contributed by atoms with Gasteiger partial charge in [-0.25, -0.2) is 0 Å². The number of amides is 1. The first-order chi connectivity index (χ1) is 9.95. The van der Waals surface area contributed by atoms with Crippen molar-refractivity contribution in [1.29, 1.82) is 0 Å². The van der Waals surface area contributed by atoms with Crippen molar-refractivity contribution in [3.05, 3.63) is 23.2 Å². The van der Waals surface area contributed by atoms with E-state index in [4.69, 9.17) is 22.1 Å². The van der Waals surface area contributed by atoms with Crippen molar-refractivity contribution in [1.82, 2.24) is 4.90 Å². The van der Waals surface area contributed by atoms with Crippen LogP contribution in [0, 0.1) is 0 Å². The normalized spacial score (nSPS) is 23.0. The Bertz CT molecular complexity index is 510. The molecule has 1 aliphatic heterocycles. The van der Waals surface area contributed by atoms with E-state index in [0.29, 0.717) is 28.9 Å². The Morgan fingerprint density at radius 2 is 2.29 bits per heavy atom. The molecule has 1 aliphatic rings. The first-order valence-corrected chi connectivity index (χ1v) is 7.54. The van der Waals surface area contributed by atoms with E-state index < -0.39 is 0 Å². The van der Waals surface area contributed by atoms with E-state index in [-0.39, 0.29) is 12.0 Å². The lowest BCUT2D eigenvalue weighted by molar-refractivity contribution is -0.117. The van der Waals surface area contributed by atoms with Crippen LogP contribution in [0.2, 0.25) is 5.02 Å². The Morgan fingerprint density at radius 1 is 1.52 bits per heavy atom. The van der Waals surface area contributed by atoms with Gasteiger partial charge in [0.1, 0.15) is 0 Å². The van der Waals surface area contributed by atoms with Gasteiger partial charge in [-0.2, -0.15) is 0 Å². The topological polar surface area (TPSA) is 67.6 Å². The Balaban J connectivity index is 1.82. The molecule has 0 radical (unpaired) electrons. The van der Waals surface area contributed by atoms with Crippen LogP contribution in [0.25, 0.3) is 0 Å². The molecule has 1 aromatic rings. The molecule has 116 valence electrons. The van der Waals surface area contributed by atoms with Crippen LogP contribution in [0.3, 0.4) is 0 Å². The number of carbonyl (C=O) groups excluding carboxylic acids is 1. The zero-order valence-corrected chi connectivity index (χ0v) is 13.2. The van der Waals surface area contributed by atoms with Crippen LogP contribution in [0.5, 0.6) is 0 Å². The summed E-state index contributed by atoms with van der Waals surface area (Å²) in [7, 11) is 0. The van der Waals surface area contributed by atoms with Crippen LogP contribution >= 0.6 is 11.6 Å². The van der Waals surface area contributed by atoms with Gasteiger partial charge in [0.25, 0.3) is 0 Å². The number of ether oxygens (including phenoxy) is 1. The molecule has 1 aromatic carbocycles. The number of rotatable bonds is 4. The summed E-state index contributed by atoms with van der Waals surface area (Å²) in [5, 5.41) is 3.33. The second-order valence-corrected chi connectivity index (χ2v) is 5.93. The summed E-state index contributed by atoms with van der Waals surface area (Å²) in [6, 6.07) is 5.44. The minimum Gasteiger partial charge on any atom is -0.397 e. The van der Waals surface area contributed by atoms with Gasteiger partial charge in [-0.15, -0.1) is 0 Å². The second kappa shape index (κ2) is 7.11. The molecule has 1 fully saturated rings. The highest BCUT2D eigenvalue weighted by Crippen LogP contribution is 2.22. The first kappa shape index (κ1) is 16.1. The maximum absolute atomic E-state index is 12.0. The number of benzene rings is 1. The number of hydrogen-bond acceptors (Lipinski definition) is 4. The Hall–Kier alpha value is -1.30. The molecule has 1 amide bonds. The third kappa shape index (κ3) is 4.59. The smallest absolute Gasteiger partial charge is 0.225 e. The molecule has 0 spiro atoms. The van der Waals surface area contributed by atoms with Crippen LogP contribution in [0.15, 0.2) is 18.2 Å². The molecule has 3 N–H and O–H groups in total. The Kier molecular flexibility index (Phi) is 5.45. The van der Waals surface area contributed by atoms with Crippen molar-refractivity contribution in [2.75, 3.05) is 30.7 Å². The number of halogens is 1. The predicted molar refractivity (Wildman–Crippen MR) is 85.6 cm³/mol. The van der Waals surface area contributed by atoms with Gasteiger partial charge in [-0.3, -0.25) is 9.69 Å². The standard InChI is InChI=1S/C15H22ClN3O2/c1-10-9-21-11(2)8-19(10)6-5-15(20)18-12-3-4-13(16)14(17)7-12/h3-4,7,10-11H,5-6,8-9,17H2,1-2H3,(H,18,20). The van der Waals surface area contributed by atoms with Crippen LogP contribution in [-0.4, -0.2) is 42.6 Å². The lowest BCUT2D eigenvalue weighted by Crippen LogP contribution is -2.48. The maximum atomic E-state index is 12.0. The Labute approximate surface area is 130 Å². The molecule has 6 heteroatoms. The summed E-state index contributed by atoms with van der Waals surface area (Å²) in [6.45, 7) is 6.47. The number of nitrogens with zero attached hydrogens (tertiary/aromatic N) is 1. The van der Waals surface area contributed by atoms with E-state index in [2.05, 4.69) is 24.1 Å². The highest BCUT2D eigenvalue weighted by atomic mass is 35.5. The highest BCUT2D eigenvalue weighted by Gasteiger charge is 2.23. The fourth-order valence-electron chi connectivity index (χ4n) is 2.37. The molecular formula is C15H22ClN3O2.